The van der Waals surface area contributed by atoms with E-state index in [4.69, 9.17) is 0 Å². The summed E-state index contributed by atoms with van der Waals surface area (Å²) in [4.78, 5) is 11.0. The highest BCUT2D eigenvalue weighted by atomic mass is 19.3. The topological polar surface area (TPSA) is 41.1 Å². The standard InChI is InChI=1S/C18H22F2N4/c1-17(19,20)9-13-2-3-15-14(8-13)16(23-12-22-15)24-6-4-18(5-7-24)10-21-11-18/h2-3,8,12,21H,4-7,9-11H2,1H3. The second-order valence-corrected chi connectivity index (χ2v) is 7.39. The molecule has 0 amide bonds. The van der Waals surface area contributed by atoms with E-state index in [1.165, 1.54) is 0 Å². The van der Waals surface area contributed by atoms with Crippen LogP contribution in [0, 0.1) is 5.41 Å². The largest absolute Gasteiger partial charge is 0.356 e. The highest BCUT2D eigenvalue weighted by Crippen LogP contribution is 2.37. The van der Waals surface area contributed by atoms with Gasteiger partial charge in [-0.15, -0.1) is 0 Å². The Morgan fingerprint density at radius 3 is 2.58 bits per heavy atom. The smallest absolute Gasteiger partial charge is 0.249 e. The number of anilines is 1. The van der Waals surface area contributed by atoms with Crippen molar-refractivity contribution in [1.82, 2.24) is 15.3 Å². The van der Waals surface area contributed by atoms with E-state index in [1.807, 2.05) is 12.1 Å². The van der Waals surface area contributed by atoms with Crippen LogP contribution in [0.15, 0.2) is 24.5 Å². The van der Waals surface area contributed by atoms with Gasteiger partial charge in [0, 0.05) is 38.0 Å². The van der Waals surface area contributed by atoms with Crippen molar-refractivity contribution in [2.45, 2.75) is 32.1 Å². The Hall–Kier alpha value is -1.82. The Kier molecular flexibility index (Phi) is 3.67. The van der Waals surface area contributed by atoms with Gasteiger partial charge in [0.05, 0.1) is 5.52 Å². The average molecular weight is 332 g/mol. The fraction of sp³-hybridized carbons (Fsp3) is 0.556. The predicted octanol–water partition coefficient (Wildman–Crippen LogP) is 3.02. The van der Waals surface area contributed by atoms with Crippen molar-refractivity contribution in [2.24, 2.45) is 5.41 Å². The summed E-state index contributed by atoms with van der Waals surface area (Å²) >= 11 is 0. The van der Waals surface area contributed by atoms with Crippen LogP contribution in [0.5, 0.6) is 0 Å². The van der Waals surface area contributed by atoms with E-state index in [-0.39, 0.29) is 6.42 Å². The second kappa shape index (κ2) is 5.62. The zero-order valence-electron chi connectivity index (χ0n) is 13.9. The van der Waals surface area contributed by atoms with Crippen LogP contribution in [0.2, 0.25) is 0 Å². The van der Waals surface area contributed by atoms with Gasteiger partial charge in [-0.2, -0.15) is 0 Å². The normalized spacial score (nSPS) is 20.4. The van der Waals surface area contributed by atoms with Crippen LogP contribution in [0.3, 0.4) is 0 Å². The number of hydrogen-bond donors (Lipinski definition) is 1. The lowest BCUT2D eigenvalue weighted by Crippen LogP contribution is -2.58. The highest BCUT2D eigenvalue weighted by Gasteiger charge is 2.40. The van der Waals surface area contributed by atoms with E-state index in [0.717, 1.165) is 62.7 Å². The number of nitrogens with zero attached hydrogens (tertiary/aromatic N) is 3. The van der Waals surface area contributed by atoms with Gasteiger partial charge in [0.1, 0.15) is 12.1 Å². The lowest BCUT2D eigenvalue weighted by molar-refractivity contribution is 0.0226. The lowest BCUT2D eigenvalue weighted by atomic mass is 9.73. The molecule has 3 heterocycles. The van der Waals surface area contributed by atoms with Crippen LogP contribution in [-0.2, 0) is 6.42 Å². The van der Waals surface area contributed by atoms with Crippen molar-refractivity contribution in [2.75, 3.05) is 31.1 Å². The van der Waals surface area contributed by atoms with Crippen molar-refractivity contribution in [1.29, 1.82) is 0 Å². The van der Waals surface area contributed by atoms with Gasteiger partial charge < -0.3 is 10.2 Å². The van der Waals surface area contributed by atoms with Crippen molar-refractivity contribution >= 4 is 16.7 Å². The molecule has 4 nitrogen and oxygen atoms in total. The summed E-state index contributed by atoms with van der Waals surface area (Å²) in [5.74, 6) is -1.83. The van der Waals surface area contributed by atoms with Crippen LogP contribution in [0.25, 0.3) is 10.9 Å². The molecule has 1 aromatic carbocycles. The first kappa shape index (κ1) is 15.7. The van der Waals surface area contributed by atoms with Gasteiger partial charge in [0.25, 0.3) is 0 Å². The van der Waals surface area contributed by atoms with E-state index in [0.29, 0.717) is 11.0 Å². The van der Waals surface area contributed by atoms with Crippen LogP contribution >= 0.6 is 0 Å². The van der Waals surface area contributed by atoms with Crippen molar-refractivity contribution in [3.05, 3.63) is 30.1 Å². The minimum Gasteiger partial charge on any atom is -0.356 e. The van der Waals surface area contributed by atoms with Crippen LogP contribution in [0.4, 0.5) is 14.6 Å². The first-order chi connectivity index (χ1) is 11.4. The molecular formula is C18H22F2N4. The molecule has 0 aliphatic carbocycles. The SMILES string of the molecule is CC(F)(F)Cc1ccc2ncnc(N3CCC4(CC3)CNC4)c2c1. The lowest BCUT2D eigenvalue weighted by Gasteiger charge is -2.48. The number of nitrogens with one attached hydrogen (secondary N) is 1. The molecule has 0 atom stereocenters. The number of hydrogen-bond acceptors (Lipinski definition) is 4. The fourth-order valence-electron chi connectivity index (χ4n) is 3.84. The van der Waals surface area contributed by atoms with E-state index in [2.05, 4.69) is 20.2 Å². The third-order valence-electron chi connectivity index (χ3n) is 5.32. The van der Waals surface area contributed by atoms with Gasteiger partial charge in [0.2, 0.25) is 5.92 Å². The summed E-state index contributed by atoms with van der Waals surface area (Å²) in [6.45, 7) is 5.10. The Bertz CT molecular complexity index is 742. The minimum absolute atomic E-state index is 0.258. The molecule has 1 aromatic heterocycles. The zero-order valence-corrected chi connectivity index (χ0v) is 13.9. The summed E-state index contributed by atoms with van der Waals surface area (Å²) in [6.07, 6.45) is 3.61. The number of rotatable bonds is 3. The summed E-state index contributed by atoms with van der Waals surface area (Å²) in [7, 11) is 0. The molecule has 2 fully saturated rings. The third kappa shape index (κ3) is 2.95. The first-order valence-electron chi connectivity index (χ1n) is 8.51. The molecular weight excluding hydrogens is 310 g/mol. The Balaban J connectivity index is 1.63. The average Bonchev–Trinajstić information content (AvgIpc) is 2.51. The molecule has 0 unspecified atom stereocenters. The number of alkyl halides is 2. The Morgan fingerprint density at radius 1 is 1.21 bits per heavy atom. The van der Waals surface area contributed by atoms with Crippen LogP contribution < -0.4 is 10.2 Å². The van der Waals surface area contributed by atoms with Crippen molar-refractivity contribution in [3.63, 3.8) is 0 Å². The number of aromatic nitrogens is 2. The molecule has 0 saturated carbocycles. The summed E-state index contributed by atoms with van der Waals surface area (Å²) in [5, 5.41) is 4.25. The Morgan fingerprint density at radius 2 is 1.96 bits per heavy atom. The van der Waals surface area contributed by atoms with Crippen molar-refractivity contribution < 1.29 is 8.78 Å². The summed E-state index contributed by atoms with van der Waals surface area (Å²) in [5.41, 5.74) is 1.91. The molecule has 2 aliphatic rings. The van der Waals surface area contributed by atoms with Crippen LogP contribution in [0.1, 0.15) is 25.3 Å². The molecule has 0 radical (unpaired) electrons. The van der Waals surface area contributed by atoms with Gasteiger partial charge in [-0.3, -0.25) is 0 Å². The number of halogens is 2. The maximum absolute atomic E-state index is 13.3. The van der Waals surface area contributed by atoms with Gasteiger partial charge in [-0.25, -0.2) is 18.7 Å². The minimum atomic E-state index is -2.71. The monoisotopic (exact) mass is 332 g/mol. The van der Waals surface area contributed by atoms with E-state index >= 15 is 0 Å². The fourth-order valence-corrected chi connectivity index (χ4v) is 3.84. The van der Waals surface area contributed by atoms with E-state index in [9.17, 15) is 8.78 Å². The van der Waals surface area contributed by atoms with E-state index < -0.39 is 5.92 Å². The maximum Gasteiger partial charge on any atom is 0.249 e. The number of piperidine rings is 1. The first-order valence-corrected chi connectivity index (χ1v) is 8.51. The number of benzene rings is 1. The van der Waals surface area contributed by atoms with Crippen molar-refractivity contribution in [3.8, 4) is 0 Å². The third-order valence-corrected chi connectivity index (χ3v) is 5.32. The molecule has 2 aliphatic heterocycles. The molecule has 1 spiro atoms. The van der Waals surface area contributed by atoms with Gasteiger partial charge in [0.15, 0.2) is 0 Å². The second-order valence-electron chi connectivity index (χ2n) is 7.39. The molecule has 0 bridgehead atoms. The van der Waals surface area contributed by atoms with Gasteiger partial charge in [-0.05, 0) is 42.9 Å². The Labute approximate surface area is 140 Å². The van der Waals surface area contributed by atoms with Gasteiger partial charge >= 0.3 is 0 Å². The van der Waals surface area contributed by atoms with E-state index in [1.54, 1.807) is 12.4 Å². The summed E-state index contributed by atoms with van der Waals surface area (Å²) < 4.78 is 26.7. The molecule has 4 rings (SSSR count). The maximum atomic E-state index is 13.3. The molecule has 24 heavy (non-hydrogen) atoms. The molecule has 2 aromatic rings. The number of fused-ring (bicyclic) bond motifs is 1. The molecule has 1 N–H and O–H groups in total. The molecule has 6 heteroatoms. The van der Waals surface area contributed by atoms with Gasteiger partial charge in [-0.1, -0.05) is 6.07 Å². The summed E-state index contributed by atoms with van der Waals surface area (Å²) in [6, 6.07) is 5.39. The predicted molar refractivity (Wildman–Crippen MR) is 90.6 cm³/mol. The molecule has 128 valence electrons. The molecule has 2 saturated heterocycles. The quantitative estimate of drug-likeness (QED) is 0.938. The zero-order chi connectivity index (χ0) is 16.8. The van der Waals surface area contributed by atoms with Crippen LogP contribution in [-0.4, -0.2) is 42.1 Å². The highest BCUT2D eigenvalue weighted by molar-refractivity contribution is 5.89.